The summed E-state index contributed by atoms with van der Waals surface area (Å²) < 4.78 is 5.65. The van der Waals surface area contributed by atoms with Crippen LogP contribution < -0.4 is 5.32 Å². The monoisotopic (exact) mass is 400 g/mol. The number of nitrogens with zero attached hydrogens (tertiary/aromatic N) is 1. The second kappa shape index (κ2) is 8.47. The van der Waals surface area contributed by atoms with E-state index in [9.17, 15) is 19.8 Å². The minimum Gasteiger partial charge on any atom is -0.454 e. The number of aromatic nitrogens is 1. The number of benzene rings is 2. The lowest BCUT2D eigenvalue weighted by Gasteiger charge is -2.14. The van der Waals surface area contributed by atoms with Gasteiger partial charge in [0.2, 0.25) is 0 Å². The number of aliphatic hydroxyl groups excluding tert-OH is 2. The van der Waals surface area contributed by atoms with Gasteiger partial charge in [-0.15, -0.1) is 11.3 Å². The van der Waals surface area contributed by atoms with Crippen LogP contribution >= 0.6 is 11.3 Å². The molecule has 1 amide bonds. The quantitative estimate of drug-likeness (QED) is 0.549. The summed E-state index contributed by atoms with van der Waals surface area (Å²) >= 11 is 1.17. The molecule has 0 bridgehead atoms. The molecule has 0 radical (unpaired) electrons. The normalized spacial score (nSPS) is 13.1. The topological polar surface area (TPSA) is 109 Å². The van der Waals surface area contributed by atoms with Crippen LogP contribution in [-0.2, 0) is 14.3 Å². The largest absolute Gasteiger partial charge is 0.454 e. The number of para-hydroxylation sites is 1. The zero-order valence-corrected chi connectivity index (χ0v) is 16.2. The number of fused-ring (bicyclic) bond motifs is 1. The fraction of sp³-hybridized carbons (Fsp3) is 0.250. The number of hydrogen-bond acceptors (Lipinski definition) is 7. The smallest absolute Gasteiger partial charge is 0.338 e. The van der Waals surface area contributed by atoms with E-state index in [1.54, 1.807) is 24.3 Å². The van der Waals surface area contributed by atoms with E-state index in [1.807, 2.05) is 32.0 Å². The van der Waals surface area contributed by atoms with Crippen LogP contribution in [0.1, 0.15) is 22.2 Å². The van der Waals surface area contributed by atoms with Crippen molar-refractivity contribution in [1.29, 1.82) is 0 Å². The first kappa shape index (κ1) is 19.9. The number of aliphatic hydroxyl groups is 2. The Morgan fingerprint density at radius 3 is 2.61 bits per heavy atom. The molecule has 2 atom stereocenters. The fourth-order valence-electron chi connectivity index (χ4n) is 2.52. The Morgan fingerprint density at radius 1 is 1.14 bits per heavy atom. The van der Waals surface area contributed by atoms with Crippen LogP contribution in [0.15, 0.2) is 42.5 Å². The maximum atomic E-state index is 12.0. The van der Waals surface area contributed by atoms with Gasteiger partial charge in [0.25, 0.3) is 5.91 Å². The van der Waals surface area contributed by atoms with Crippen molar-refractivity contribution in [3.63, 3.8) is 0 Å². The second-order valence-corrected chi connectivity index (χ2v) is 7.43. The Labute approximate surface area is 165 Å². The summed E-state index contributed by atoms with van der Waals surface area (Å²) in [6.45, 7) is 3.31. The van der Waals surface area contributed by atoms with Gasteiger partial charge in [0.05, 0.1) is 10.2 Å². The highest BCUT2D eigenvalue weighted by Gasteiger charge is 2.30. The van der Waals surface area contributed by atoms with E-state index in [-0.39, 0.29) is 5.01 Å². The average molecular weight is 400 g/mol. The molecule has 0 saturated heterocycles. The molecule has 0 aliphatic rings. The number of anilines is 1. The standard InChI is InChI=1S/C20H20N2O5S/c1-11-7-8-13(9-12(11)2)21-16(23)10-27-20(26)18(25)17(24)19-22-14-5-3-4-6-15(14)28-19/h3-9,17-18,24-25H,10H2,1-2H3,(H,21,23)/t17-,18-/m0/s1. The van der Waals surface area contributed by atoms with Crippen molar-refractivity contribution in [3.05, 3.63) is 58.6 Å². The van der Waals surface area contributed by atoms with E-state index >= 15 is 0 Å². The Morgan fingerprint density at radius 2 is 1.89 bits per heavy atom. The lowest BCUT2D eigenvalue weighted by molar-refractivity contribution is -0.161. The zero-order valence-electron chi connectivity index (χ0n) is 15.4. The van der Waals surface area contributed by atoms with Gasteiger partial charge in [-0.2, -0.15) is 0 Å². The number of nitrogens with one attached hydrogen (secondary N) is 1. The molecule has 1 heterocycles. The molecule has 0 spiro atoms. The molecule has 0 aliphatic heterocycles. The number of hydrogen-bond donors (Lipinski definition) is 3. The second-order valence-electron chi connectivity index (χ2n) is 6.36. The number of ether oxygens (including phenoxy) is 1. The van der Waals surface area contributed by atoms with Gasteiger partial charge in [0.1, 0.15) is 11.1 Å². The van der Waals surface area contributed by atoms with E-state index in [0.29, 0.717) is 11.2 Å². The number of carbonyl (C=O) groups is 2. The Hall–Kier alpha value is -2.81. The molecule has 8 heteroatoms. The molecule has 2 aromatic carbocycles. The SMILES string of the molecule is Cc1ccc(NC(=O)COC(=O)[C@@H](O)[C@H](O)c2nc3ccccc3s2)cc1C. The van der Waals surface area contributed by atoms with Gasteiger partial charge in [0.15, 0.2) is 12.7 Å². The van der Waals surface area contributed by atoms with Gasteiger partial charge >= 0.3 is 5.97 Å². The van der Waals surface area contributed by atoms with Gasteiger partial charge in [-0.1, -0.05) is 18.2 Å². The van der Waals surface area contributed by atoms with E-state index in [4.69, 9.17) is 4.74 Å². The number of amides is 1. The molecular formula is C20H20N2O5S. The number of esters is 1. The molecule has 0 saturated carbocycles. The van der Waals surface area contributed by atoms with Gasteiger partial charge in [0, 0.05) is 5.69 Å². The number of rotatable bonds is 6. The third-order valence-electron chi connectivity index (χ3n) is 4.24. The molecule has 0 fully saturated rings. The highest BCUT2D eigenvalue weighted by atomic mass is 32.1. The third kappa shape index (κ3) is 4.53. The molecule has 0 unspecified atom stereocenters. The summed E-state index contributed by atoms with van der Waals surface area (Å²) in [5, 5.41) is 23.1. The molecule has 28 heavy (non-hydrogen) atoms. The van der Waals surface area contributed by atoms with Crippen molar-refractivity contribution in [3.8, 4) is 0 Å². The molecule has 3 aromatic rings. The van der Waals surface area contributed by atoms with Crippen LogP contribution in [0.2, 0.25) is 0 Å². The Balaban J connectivity index is 1.55. The Kier molecular flexibility index (Phi) is 6.03. The third-order valence-corrected chi connectivity index (χ3v) is 5.35. The summed E-state index contributed by atoms with van der Waals surface area (Å²) in [4.78, 5) is 28.1. The summed E-state index contributed by atoms with van der Waals surface area (Å²) in [5.41, 5.74) is 3.36. The Bertz CT molecular complexity index is 984. The fourth-order valence-corrected chi connectivity index (χ4v) is 3.50. The lowest BCUT2D eigenvalue weighted by atomic mass is 10.1. The molecule has 3 N–H and O–H groups in total. The van der Waals surface area contributed by atoms with Gasteiger partial charge in [-0.25, -0.2) is 9.78 Å². The molecule has 0 aliphatic carbocycles. The van der Waals surface area contributed by atoms with Crippen LogP contribution in [0.4, 0.5) is 5.69 Å². The van der Waals surface area contributed by atoms with Crippen LogP contribution in [0.3, 0.4) is 0 Å². The molecule has 1 aromatic heterocycles. The molecule has 7 nitrogen and oxygen atoms in total. The van der Waals surface area contributed by atoms with Crippen LogP contribution in [0.25, 0.3) is 10.2 Å². The average Bonchev–Trinajstić information content (AvgIpc) is 3.12. The summed E-state index contributed by atoms with van der Waals surface area (Å²) in [6.07, 6.45) is -3.37. The van der Waals surface area contributed by atoms with Crippen molar-refractivity contribution < 1.29 is 24.5 Å². The molecule has 3 rings (SSSR count). The van der Waals surface area contributed by atoms with Gasteiger partial charge in [-0.05, 0) is 49.2 Å². The maximum Gasteiger partial charge on any atom is 0.338 e. The predicted octanol–water partition coefficient (Wildman–Crippen LogP) is 2.49. The first-order valence-electron chi connectivity index (χ1n) is 8.60. The van der Waals surface area contributed by atoms with E-state index < -0.39 is 30.7 Å². The lowest BCUT2D eigenvalue weighted by Crippen LogP contribution is -2.32. The predicted molar refractivity (Wildman–Crippen MR) is 106 cm³/mol. The van der Waals surface area contributed by atoms with Crippen molar-refractivity contribution in [2.24, 2.45) is 0 Å². The number of aryl methyl sites for hydroxylation is 2. The molecule has 146 valence electrons. The number of thiazole rings is 1. The number of carbonyl (C=O) groups excluding carboxylic acids is 2. The summed E-state index contributed by atoms with van der Waals surface area (Å²) in [6, 6.07) is 12.6. The zero-order chi connectivity index (χ0) is 20.3. The maximum absolute atomic E-state index is 12.0. The summed E-state index contributed by atoms with van der Waals surface area (Å²) in [5.74, 6) is -1.64. The summed E-state index contributed by atoms with van der Waals surface area (Å²) in [7, 11) is 0. The van der Waals surface area contributed by atoms with Crippen molar-refractivity contribution >= 4 is 39.1 Å². The van der Waals surface area contributed by atoms with Crippen LogP contribution in [-0.4, -0.2) is 39.8 Å². The first-order chi connectivity index (χ1) is 13.3. The first-order valence-corrected chi connectivity index (χ1v) is 9.42. The van der Waals surface area contributed by atoms with Crippen molar-refractivity contribution in [2.75, 3.05) is 11.9 Å². The highest BCUT2D eigenvalue weighted by molar-refractivity contribution is 7.18. The minimum atomic E-state index is -1.84. The van der Waals surface area contributed by atoms with E-state index in [0.717, 1.165) is 15.8 Å². The minimum absolute atomic E-state index is 0.199. The highest BCUT2D eigenvalue weighted by Crippen LogP contribution is 2.28. The van der Waals surface area contributed by atoms with Gasteiger partial charge < -0.3 is 20.3 Å². The van der Waals surface area contributed by atoms with Crippen LogP contribution in [0.5, 0.6) is 0 Å². The van der Waals surface area contributed by atoms with E-state index in [1.165, 1.54) is 11.3 Å². The van der Waals surface area contributed by atoms with E-state index in [2.05, 4.69) is 10.3 Å². The molecular weight excluding hydrogens is 380 g/mol. The van der Waals surface area contributed by atoms with Crippen molar-refractivity contribution in [2.45, 2.75) is 26.1 Å². The van der Waals surface area contributed by atoms with Crippen LogP contribution in [0, 0.1) is 13.8 Å². The van der Waals surface area contributed by atoms with Gasteiger partial charge in [-0.3, -0.25) is 4.79 Å². The van der Waals surface area contributed by atoms with Crippen molar-refractivity contribution in [1.82, 2.24) is 4.98 Å².